The van der Waals surface area contributed by atoms with Gasteiger partial charge in [-0.15, -0.1) is 0 Å². The molecular formula is C18H16O6. The lowest BCUT2D eigenvalue weighted by Crippen LogP contribution is -2.36. The van der Waals surface area contributed by atoms with Crippen molar-refractivity contribution in [1.82, 2.24) is 0 Å². The number of carbonyl (C=O) groups is 1. The molecule has 3 N–H and O–H groups in total. The Kier molecular flexibility index (Phi) is 3.91. The van der Waals surface area contributed by atoms with Crippen molar-refractivity contribution in [3.63, 3.8) is 0 Å². The summed E-state index contributed by atoms with van der Waals surface area (Å²) in [5, 5.41) is 29.0. The maximum absolute atomic E-state index is 11.9. The third-order valence-corrected chi connectivity index (χ3v) is 3.93. The van der Waals surface area contributed by atoms with Crippen LogP contribution in [0.25, 0.3) is 5.57 Å². The van der Waals surface area contributed by atoms with Gasteiger partial charge in [-0.25, -0.2) is 4.79 Å². The van der Waals surface area contributed by atoms with Crippen molar-refractivity contribution >= 4 is 11.5 Å². The lowest BCUT2D eigenvalue weighted by Gasteiger charge is -2.29. The van der Waals surface area contributed by atoms with E-state index in [9.17, 15) is 20.1 Å². The van der Waals surface area contributed by atoms with Gasteiger partial charge in [-0.05, 0) is 35.4 Å². The molecule has 2 aromatic carbocycles. The second-order valence-corrected chi connectivity index (χ2v) is 5.46. The molecule has 24 heavy (non-hydrogen) atoms. The summed E-state index contributed by atoms with van der Waals surface area (Å²) in [5.41, 5.74) is 1.44. The summed E-state index contributed by atoms with van der Waals surface area (Å²) in [6, 6.07) is 12.4. The zero-order valence-electron chi connectivity index (χ0n) is 12.9. The maximum Gasteiger partial charge on any atom is 0.376 e. The van der Waals surface area contributed by atoms with Crippen LogP contribution < -0.4 is 0 Å². The van der Waals surface area contributed by atoms with E-state index in [1.807, 2.05) is 0 Å². The largest absolute Gasteiger partial charge is 0.508 e. The second kappa shape index (κ2) is 5.90. The Morgan fingerprint density at radius 3 is 2.04 bits per heavy atom. The molecule has 124 valence electrons. The molecule has 0 radical (unpaired) electrons. The van der Waals surface area contributed by atoms with Crippen LogP contribution in [0.5, 0.6) is 11.5 Å². The minimum Gasteiger partial charge on any atom is -0.508 e. The molecule has 1 unspecified atom stereocenters. The molecule has 0 aliphatic carbocycles. The fourth-order valence-electron chi connectivity index (χ4n) is 2.74. The standard InChI is InChI=1S/C18H16O6/c1-23-18(10-11-2-6-13(19)7-3-11)15(16(21)17(22)24-18)12-4-8-14(20)9-5-12/h2-9,19-21H,10H2,1H3. The van der Waals surface area contributed by atoms with Crippen molar-refractivity contribution in [3.05, 3.63) is 65.4 Å². The number of rotatable bonds is 4. The Morgan fingerprint density at radius 1 is 0.958 bits per heavy atom. The van der Waals surface area contributed by atoms with Crippen molar-refractivity contribution < 1.29 is 29.6 Å². The molecular weight excluding hydrogens is 312 g/mol. The minimum absolute atomic E-state index is 0.0608. The molecule has 0 aromatic heterocycles. The van der Waals surface area contributed by atoms with Crippen molar-refractivity contribution in [1.29, 1.82) is 0 Å². The molecule has 0 spiro atoms. The quantitative estimate of drug-likeness (QED) is 0.746. The van der Waals surface area contributed by atoms with E-state index in [4.69, 9.17) is 9.47 Å². The molecule has 0 fully saturated rings. The predicted octanol–water partition coefficient (Wildman–Crippen LogP) is 2.51. The van der Waals surface area contributed by atoms with Crippen LogP contribution in [0.15, 0.2) is 54.3 Å². The van der Waals surface area contributed by atoms with Crippen LogP contribution in [0.3, 0.4) is 0 Å². The first-order valence-corrected chi connectivity index (χ1v) is 7.25. The van der Waals surface area contributed by atoms with Gasteiger partial charge in [0.2, 0.25) is 11.5 Å². The van der Waals surface area contributed by atoms with Gasteiger partial charge in [0.1, 0.15) is 11.5 Å². The fraction of sp³-hybridized carbons (Fsp3) is 0.167. The van der Waals surface area contributed by atoms with Gasteiger partial charge in [0.05, 0.1) is 5.57 Å². The molecule has 1 heterocycles. The molecule has 0 saturated heterocycles. The Bertz CT molecular complexity index is 791. The third-order valence-electron chi connectivity index (χ3n) is 3.93. The number of benzene rings is 2. The maximum atomic E-state index is 11.9. The summed E-state index contributed by atoms with van der Waals surface area (Å²) in [6.07, 6.45) is 0.149. The number of cyclic esters (lactones) is 1. The first-order valence-electron chi connectivity index (χ1n) is 7.25. The van der Waals surface area contributed by atoms with Crippen LogP contribution in [0.2, 0.25) is 0 Å². The molecule has 0 amide bonds. The van der Waals surface area contributed by atoms with Gasteiger partial charge in [0.15, 0.2) is 0 Å². The Hall–Kier alpha value is -2.99. The number of carbonyl (C=O) groups excluding carboxylic acids is 1. The van der Waals surface area contributed by atoms with E-state index in [1.165, 1.54) is 31.4 Å². The highest BCUT2D eigenvalue weighted by Gasteiger charge is 2.49. The molecule has 6 nitrogen and oxygen atoms in total. The van der Waals surface area contributed by atoms with Crippen molar-refractivity contribution in [2.45, 2.75) is 12.2 Å². The number of aliphatic hydroxyl groups is 1. The summed E-state index contributed by atoms with van der Waals surface area (Å²) in [4.78, 5) is 11.9. The number of esters is 1. The SMILES string of the molecule is COC1(Cc2ccc(O)cc2)OC(=O)C(O)=C1c1ccc(O)cc1. The monoisotopic (exact) mass is 328 g/mol. The first kappa shape index (κ1) is 15.9. The molecule has 1 atom stereocenters. The average molecular weight is 328 g/mol. The van der Waals surface area contributed by atoms with Crippen LogP contribution in [0.4, 0.5) is 0 Å². The number of aromatic hydroxyl groups is 2. The highest BCUT2D eigenvalue weighted by molar-refractivity contribution is 6.01. The van der Waals surface area contributed by atoms with Gasteiger partial charge in [-0.2, -0.15) is 0 Å². The number of methoxy groups -OCH3 is 1. The third kappa shape index (κ3) is 2.68. The summed E-state index contributed by atoms with van der Waals surface area (Å²) in [7, 11) is 1.38. The fourth-order valence-corrected chi connectivity index (χ4v) is 2.74. The Balaban J connectivity index is 2.06. The highest BCUT2D eigenvalue weighted by atomic mass is 16.7. The normalized spacial score (nSPS) is 20.3. The van der Waals surface area contributed by atoms with Crippen molar-refractivity contribution in [2.75, 3.05) is 7.11 Å². The predicted molar refractivity (Wildman–Crippen MR) is 85.3 cm³/mol. The van der Waals surface area contributed by atoms with Gasteiger partial charge in [-0.1, -0.05) is 24.3 Å². The van der Waals surface area contributed by atoms with Crippen LogP contribution in [-0.2, 0) is 20.7 Å². The number of aliphatic hydroxyl groups excluding tert-OH is 1. The van der Waals surface area contributed by atoms with Gasteiger partial charge in [0.25, 0.3) is 0 Å². The zero-order chi connectivity index (χ0) is 17.3. The molecule has 1 aliphatic rings. The van der Waals surface area contributed by atoms with Gasteiger partial charge in [0, 0.05) is 13.5 Å². The van der Waals surface area contributed by atoms with Gasteiger partial charge < -0.3 is 24.8 Å². The molecule has 2 aromatic rings. The summed E-state index contributed by atoms with van der Waals surface area (Å²) in [5.74, 6) is -2.72. The second-order valence-electron chi connectivity index (χ2n) is 5.46. The molecule has 1 aliphatic heterocycles. The lowest BCUT2D eigenvalue weighted by molar-refractivity contribution is -0.186. The minimum atomic E-state index is -1.49. The van der Waals surface area contributed by atoms with E-state index >= 15 is 0 Å². The number of phenolic OH excluding ortho intramolecular Hbond substituents is 2. The van der Waals surface area contributed by atoms with E-state index in [1.54, 1.807) is 24.3 Å². The van der Waals surface area contributed by atoms with E-state index in [0.29, 0.717) is 5.56 Å². The number of ether oxygens (including phenoxy) is 2. The smallest absolute Gasteiger partial charge is 0.376 e. The number of phenols is 2. The van der Waals surface area contributed by atoms with Gasteiger partial charge >= 0.3 is 5.97 Å². The van der Waals surface area contributed by atoms with E-state index < -0.39 is 17.5 Å². The van der Waals surface area contributed by atoms with Gasteiger partial charge in [-0.3, -0.25) is 0 Å². The zero-order valence-corrected chi connectivity index (χ0v) is 12.9. The summed E-state index contributed by atoms with van der Waals surface area (Å²) >= 11 is 0. The van der Waals surface area contributed by atoms with Crippen LogP contribution >= 0.6 is 0 Å². The van der Waals surface area contributed by atoms with E-state index in [2.05, 4.69) is 0 Å². The summed E-state index contributed by atoms with van der Waals surface area (Å²) < 4.78 is 10.8. The molecule has 0 bridgehead atoms. The molecule has 6 heteroatoms. The van der Waals surface area contributed by atoms with Crippen molar-refractivity contribution in [3.8, 4) is 11.5 Å². The lowest BCUT2D eigenvalue weighted by atomic mass is 9.92. The van der Waals surface area contributed by atoms with Crippen LogP contribution in [-0.4, -0.2) is 34.2 Å². The Morgan fingerprint density at radius 2 is 1.50 bits per heavy atom. The van der Waals surface area contributed by atoms with Crippen LogP contribution in [0.1, 0.15) is 11.1 Å². The Labute approximate surface area is 138 Å². The van der Waals surface area contributed by atoms with Crippen LogP contribution in [0, 0.1) is 0 Å². The van der Waals surface area contributed by atoms with Crippen molar-refractivity contribution in [2.24, 2.45) is 0 Å². The molecule has 3 rings (SSSR count). The topological polar surface area (TPSA) is 96.2 Å². The first-order chi connectivity index (χ1) is 11.4. The number of hydrogen-bond donors (Lipinski definition) is 3. The average Bonchev–Trinajstić information content (AvgIpc) is 2.82. The van der Waals surface area contributed by atoms with E-state index in [0.717, 1.165) is 5.56 Å². The summed E-state index contributed by atoms with van der Waals surface area (Å²) in [6.45, 7) is 0. The molecule has 0 saturated carbocycles. The highest BCUT2D eigenvalue weighted by Crippen LogP contribution is 2.42. The van der Waals surface area contributed by atoms with E-state index in [-0.39, 0.29) is 23.5 Å². The number of hydrogen-bond acceptors (Lipinski definition) is 6.